The summed E-state index contributed by atoms with van der Waals surface area (Å²) in [5, 5.41) is 3.94. The van der Waals surface area contributed by atoms with Crippen LogP contribution in [-0.4, -0.2) is 26.7 Å². The monoisotopic (exact) mass is 399 g/mol. The summed E-state index contributed by atoms with van der Waals surface area (Å²) in [6.45, 7) is 8.42. The minimum Gasteiger partial charge on any atom is -0.399 e. The van der Waals surface area contributed by atoms with Crippen LogP contribution in [0.2, 0.25) is 0 Å². The highest BCUT2D eigenvalue weighted by atomic mass is 31.1. The maximum absolute atomic E-state index is 6.40. The Hall–Kier alpha value is -1.86. The third-order valence-electron chi connectivity index (χ3n) is 5.71. The summed E-state index contributed by atoms with van der Waals surface area (Å²) < 4.78 is 12.8. The van der Waals surface area contributed by atoms with Gasteiger partial charge in [0.1, 0.15) is 0 Å². The average molecular weight is 399 g/mol. The maximum atomic E-state index is 6.40. The van der Waals surface area contributed by atoms with Gasteiger partial charge < -0.3 is 9.31 Å². The van der Waals surface area contributed by atoms with E-state index in [0.717, 1.165) is 5.46 Å². The molecule has 0 spiro atoms. The average Bonchev–Trinajstić information content (AvgIpc) is 2.91. The van der Waals surface area contributed by atoms with E-state index < -0.39 is 7.92 Å². The molecule has 2 nitrogen and oxygen atoms in total. The number of rotatable bonds is 4. The van der Waals surface area contributed by atoms with E-state index in [-0.39, 0.29) is 26.7 Å². The van der Waals surface area contributed by atoms with E-state index >= 15 is 0 Å². The molecule has 29 heavy (non-hydrogen) atoms. The molecule has 4 rings (SSSR count). The summed E-state index contributed by atoms with van der Waals surface area (Å²) in [6, 6.07) is 30.1. The third kappa shape index (κ3) is 4.21. The summed E-state index contributed by atoms with van der Waals surface area (Å²) >= 11 is 0. The van der Waals surface area contributed by atoms with Crippen LogP contribution in [0, 0.1) is 0 Å². The van der Waals surface area contributed by atoms with Crippen molar-refractivity contribution in [2.24, 2.45) is 0 Å². The third-order valence-corrected chi connectivity index (χ3v) is 8.23. The highest BCUT2D eigenvalue weighted by Crippen LogP contribution is 2.38. The lowest BCUT2D eigenvalue weighted by atomic mass is 9.79. The molecule has 1 fully saturated rings. The van der Waals surface area contributed by atoms with Gasteiger partial charge >= 0.3 is 7.12 Å². The predicted molar refractivity (Wildman–Crippen MR) is 127 cm³/mol. The van der Waals surface area contributed by atoms with Crippen molar-refractivity contribution in [3.63, 3.8) is 0 Å². The van der Waals surface area contributed by atoms with E-state index in [1.807, 2.05) is 0 Å². The molecule has 0 amide bonds. The van der Waals surface area contributed by atoms with E-state index in [1.54, 1.807) is 0 Å². The van der Waals surface area contributed by atoms with Crippen molar-refractivity contribution in [1.29, 1.82) is 0 Å². The summed E-state index contributed by atoms with van der Waals surface area (Å²) in [4.78, 5) is 0. The molecule has 3 aromatic rings. The Morgan fingerprint density at radius 2 is 1.03 bits per heavy atom. The van der Waals surface area contributed by atoms with E-state index in [2.05, 4.69) is 113 Å². The van der Waals surface area contributed by atoms with Crippen LogP contribution in [0.3, 0.4) is 0 Å². The standard InChI is InChI=1S/C24H26BO2P.B/c1-23(2)24(3,4)27-25(26-23)21-17-11-12-18-22(21)28(19-13-7-5-8-14-19)20-15-9-6-10-16-20;/h5-18H,1-4H3;. The second-order valence-corrected chi connectivity index (χ2v) is 10.3. The molecule has 1 heterocycles. The van der Waals surface area contributed by atoms with Gasteiger partial charge in [0.15, 0.2) is 0 Å². The quantitative estimate of drug-likeness (QED) is 0.495. The zero-order chi connectivity index (χ0) is 19.8. The van der Waals surface area contributed by atoms with Crippen molar-refractivity contribution in [2.45, 2.75) is 38.9 Å². The molecule has 5 heteroatoms. The highest BCUT2D eigenvalue weighted by Gasteiger charge is 2.52. The zero-order valence-corrected chi connectivity index (χ0v) is 18.4. The summed E-state index contributed by atoms with van der Waals surface area (Å²) in [5.74, 6) is 0. The van der Waals surface area contributed by atoms with Gasteiger partial charge in [0.25, 0.3) is 0 Å². The van der Waals surface area contributed by atoms with Crippen LogP contribution in [-0.2, 0) is 9.31 Å². The lowest BCUT2D eigenvalue weighted by molar-refractivity contribution is 0.00578. The van der Waals surface area contributed by atoms with Crippen molar-refractivity contribution < 1.29 is 9.31 Å². The molecular weight excluding hydrogens is 373 g/mol. The highest BCUT2D eigenvalue weighted by molar-refractivity contribution is 7.80. The van der Waals surface area contributed by atoms with Crippen LogP contribution in [0.5, 0.6) is 0 Å². The van der Waals surface area contributed by atoms with E-state index in [9.17, 15) is 0 Å². The molecule has 1 saturated heterocycles. The molecule has 0 saturated carbocycles. The minimum atomic E-state index is -0.705. The van der Waals surface area contributed by atoms with Crippen molar-refractivity contribution >= 4 is 44.8 Å². The van der Waals surface area contributed by atoms with E-state index in [4.69, 9.17) is 9.31 Å². The van der Waals surface area contributed by atoms with Crippen molar-refractivity contribution in [3.8, 4) is 0 Å². The molecule has 0 unspecified atom stereocenters. The molecule has 3 aromatic carbocycles. The molecular formula is C24H26B2O2P. The zero-order valence-electron chi connectivity index (χ0n) is 17.5. The maximum Gasteiger partial charge on any atom is 0.495 e. The van der Waals surface area contributed by atoms with Crippen LogP contribution in [0.4, 0.5) is 0 Å². The van der Waals surface area contributed by atoms with Gasteiger partial charge in [-0.2, -0.15) is 0 Å². The molecule has 145 valence electrons. The smallest absolute Gasteiger partial charge is 0.399 e. The van der Waals surface area contributed by atoms with Crippen LogP contribution >= 0.6 is 7.92 Å². The van der Waals surface area contributed by atoms with E-state index in [0.29, 0.717) is 0 Å². The van der Waals surface area contributed by atoms with Gasteiger partial charge in [0.05, 0.1) is 11.2 Å². The molecule has 0 bridgehead atoms. The predicted octanol–water partition coefficient (Wildman–Crippen LogP) is 3.36. The Bertz CT molecular complexity index is 890. The number of hydrogen-bond donors (Lipinski definition) is 0. The van der Waals surface area contributed by atoms with Crippen molar-refractivity contribution in [1.82, 2.24) is 0 Å². The molecule has 1 aliphatic rings. The van der Waals surface area contributed by atoms with Gasteiger partial charge in [0, 0.05) is 8.41 Å². The van der Waals surface area contributed by atoms with Crippen molar-refractivity contribution in [2.75, 3.05) is 0 Å². The SMILES string of the molecule is CC1(C)OB(c2ccccc2P(c2ccccc2)c2ccccc2)OC1(C)C.[B]. The van der Waals surface area contributed by atoms with Gasteiger partial charge in [-0.3, -0.25) is 0 Å². The first-order valence-electron chi connectivity index (χ1n) is 9.74. The lowest BCUT2D eigenvalue weighted by Crippen LogP contribution is -2.44. The first-order chi connectivity index (χ1) is 13.4. The molecule has 0 N–H and O–H groups in total. The molecule has 0 aliphatic carbocycles. The summed E-state index contributed by atoms with van der Waals surface area (Å²) in [6.07, 6.45) is 0. The molecule has 1 aliphatic heterocycles. The normalized spacial score (nSPS) is 17.2. The van der Waals surface area contributed by atoms with Gasteiger partial charge in [-0.25, -0.2) is 0 Å². The van der Waals surface area contributed by atoms with Gasteiger partial charge in [-0.1, -0.05) is 84.9 Å². The molecule has 0 aromatic heterocycles. The Morgan fingerprint density at radius 3 is 1.52 bits per heavy atom. The fourth-order valence-electron chi connectivity index (χ4n) is 3.44. The second-order valence-electron chi connectivity index (χ2n) is 8.15. The first kappa shape index (κ1) is 21.8. The van der Waals surface area contributed by atoms with E-state index in [1.165, 1.54) is 15.9 Å². The Labute approximate surface area is 178 Å². The molecule has 0 atom stereocenters. The lowest BCUT2D eigenvalue weighted by Gasteiger charge is -2.32. The Morgan fingerprint density at radius 1 is 0.621 bits per heavy atom. The Balaban J connectivity index is 0.00000240. The van der Waals surface area contributed by atoms with Gasteiger partial charge in [-0.05, 0) is 57.0 Å². The Kier molecular flexibility index (Phi) is 6.39. The molecule has 3 radical (unpaired) electrons. The summed E-state index contributed by atoms with van der Waals surface area (Å²) in [7, 11) is -1.07. The number of benzene rings is 3. The second kappa shape index (κ2) is 8.48. The van der Waals surface area contributed by atoms with Crippen LogP contribution < -0.4 is 21.4 Å². The summed E-state index contributed by atoms with van der Waals surface area (Å²) in [5.41, 5.74) is 0.417. The topological polar surface area (TPSA) is 18.5 Å². The fourth-order valence-corrected chi connectivity index (χ4v) is 5.91. The first-order valence-corrected chi connectivity index (χ1v) is 11.1. The van der Waals surface area contributed by atoms with Crippen molar-refractivity contribution in [3.05, 3.63) is 84.9 Å². The van der Waals surface area contributed by atoms with Gasteiger partial charge in [-0.15, -0.1) is 0 Å². The minimum absolute atomic E-state index is 0. The van der Waals surface area contributed by atoms with Crippen LogP contribution in [0.25, 0.3) is 0 Å². The van der Waals surface area contributed by atoms with Crippen LogP contribution in [0.1, 0.15) is 27.7 Å². The number of hydrogen-bond acceptors (Lipinski definition) is 2. The largest absolute Gasteiger partial charge is 0.495 e. The van der Waals surface area contributed by atoms with Crippen LogP contribution in [0.15, 0.2) is 84.9 Å². The van der Waals surface area contributed by atoms with Gasteiger partial charge in [0.2, 0.25) is 0 Å². The fraction of sp³-hybridized carbons (Fsp3) is 0.250.